The van der Waals surface area contributed by atoms with Gasteiger partial charge in [-0.2, -0.15) is 0 Å². The Morgan fingerprint density at radius 1 is 1.26 bits per heavy atom. The van der Waals surface area contributed by atoms with Gasteiger partial charge in [0.15, 0.2) is 0 Å². The first-order chi connectivity index (χ1) is 9.08. The fraction of sp³-hybridized carbons (Fsp3) is 0.600. The van der Waals surface area contributed by atoms with E-state index in [4.69, 9.17) is 0 Å². The van der Waals surface area contributed by atoms with E-state index in [1.54, 1.807) is 12.1 Å². The van der Waals surface area contributed by atoms with Crippen molar-refractivity contribution in [3.05, 3.63) is 35.6 Å². The molecule has 2 unspecified atom stereocenters. The third kappa shape index (κ3) is 5.27. The van der Waals surface area contributed by atoms with E-state index in [1.165, 1.54) is 6.07 Å². The van der Waals surface area contributed by atoms with Gasteiger partial charge in [-0.25, -0.2) is 4.39 Å². The summed E-state index contributed by atoms with van der Waals surface area (Å²) in [7, 11) is 0. The SMILES string of the molecule is CCN(CC)CC(O)CNC(C)c1ccccc1F. The van der Waals surface area contributed by atoms with Gasteiger partial charge >= 0.3 is 0 Å². The zero-order valence-electron chi connectivity index (χ0n) is 12.1. The molecule has 4 heteroatoms. The molecule has 0 amide bonds. The molecule has 0 bridgehead atoms. The topological polar surface area (TPSA) is 35.5 Å². The first kappa shape index (κ1) is 16.1. The highest BCUT2D eigenvalue weighted by atomic mass is 19.1. The molecule has 19 heavy (non-hydrogen) atoms. The highest BCUT2D eigenvalue weighted by molar-refractivity contribution is 5.20. The van der Waals surface area contributed by atoms with Gasteiger partial charge in [0, 0.05) is 24.7 Å². The third-order valence-electron chi connectivity index (χ3n) is 3.39. The van der Waals surface area contributed by atoms with E-state index in [-0.39, 0.29) is 11.9 Å². The first-order valence-corrected chi connectivity index (χ1v) is 6.96. The molecule has 0 heterocycles. The average Bonchev–Trinajstić information content (AvgIpc) is 2.42. The summed E-state index contributed by atoms with van der Waals surface area (Å²) in [4.78, 5) is 2.17. The molecule has 0 aliphatic rings. The Bertz CT molecular complexity index is 369. The number of nitrogens with zero attached hydrogens (tertiary/aromatic N) is 1. The molecular weight excluding hydrogens is 243 g/mol. The maximum absolute atomic E-state index is 13.6. The fourth-order valence-corrected chi connectivity index (χ4v) is 2.09. The van der Waals surface area contributed by atoms with Crippen molar-refractivity contribution < 1.29 is 9.50 Å². The van der Waals surface area contributed by atoms with Gasteiger partial charge in [0.25, 0.3) is 0 Å². The van der Waals surface area contributed by atoms with Crippen molar-refractivity contribution >= 4 is 0 Å². The number of rotatable bonds is 8. The summed E-state index contributed by atoms with van der Waals surface area (Å²) in [5.41, 5.74) is 0.637. The van der Waals surface area contributed by atoms with Crippen LogP contribution in [-0.4, -0.2) is 42.3 Å². The zero-order chi connectivity index (χ0) is 14.3. The minimum Gasteiger partial charge on any atom is -0.390 e. The van der Waals surface area contributed by atoms with Crippen molar-refractivity contribution in [1.82, 2.24) is 10.2 Å². The monoisotopic (exact) mass is 268 g/mol. The maximum Gasteiger partial charge on any atom is 0.127 e. The van der Waals surface area contributed by atoms with Gasteiger partial charge in [-0.3, -0.25) is 0 Å². The Balaban J connectivity index is 2.42. The lowest BCUT2D eigenvalue weighted by Gasteiger charge is -2.23. The van der Waals surface area contributed by atoms with Crippen LogP contribution in [0.25, 0.3) is 0 Å². The number of nitrogens with one attached hydrogen (secondary N) is 1. The molecule has 0 aromatic heterocycles. The van der Waals surface area contributed by atoms with Crippen molar-refractivity contribution in [1.29, 1.82) is 0 Å². The van der Waals surface area contributed by atoms with Crippen LogP contribution in [0.5, 0.6) is 0 Å². The highest BCUT2D eigenvalue weighted by Gasteiger charge is 2.13. The Hall–Kier alpha value is -0.970. The molecule has 0 aliphatic carbocycles. The number of hydrogen-bond acceptors (Lipinski definition) is 3. The number of aliphatic hydroxyl groups excluding tert-OH is 1. The second-order valence-corrected chi connectivity index (χ2v) is 4.79. The Morgan fingerprint density at radius 3 is 2.47 bits per heavy atom. The third-order valence-corrected chi connectivity index (χ3v) is 3.39. The van der Waals surface area contributed by atoms with Gasteiger partial charge in [0.2, 0.25) is 0 Å². The molecule has 1 rings (SSSR count). The van der Waals surface area contributed by atoms with Crippen LogP contribution in [0.4, 0.5) is 4.39 Å². The first-order valence-electron chi connectivity index (χ1n) is 6.96. The largest absolute Gasteiger partial charge is 0.390 e. The van der Waals surface area contributed by atoms with Crippen LogP contribution in [0.15, 0.2) is 24.3 Å². The molecule has 0 saturated carbocycles. The molecular formula is C15H25FN2O. The zero-order valence-corrected chi connectivity index (χ0v) is 12.1. The number of hydrogen-bond donors (Lipinski definition) is 2. The second kappa shape index (κ2) is 8.25. The predicted molar refractivity (Wildman–Crippen MR) is 76.6 cm³/mol. The molecule has 3 nitrogen and oxygen atoms in total. The van der Waals surface area contributed by atoms with E-state index in [0.29, 0.717) is 18.7 Å². The summed E-state index contributed by atoms with van der Waals surface area (Å²) in [6.45, 7) is 9.02. The smallest absolute Gasteiger partial charge is 0.127 e. The van der Waals surface area contributed by atoms with Gasteiger partial charge in [0.1, 0.15) is 5.82 Å². The van der Waals surface area contributed by atoms with Crippen LogP contribution >= 0.6 is 0 Å². The predicted octanol–water partition coefficient (Wildman–Crippen LogP) is 2.18. The maximum atomic E-state index is 13.6. The van der Waals surface area contributed by atoms with E-state index in [1.807, 2.05) is 13.0 Å². The molecule has 1 aromatic carbocycles. The number of likely N-dealkylation sites (N-methyl/N-ethyl adjacent to an activating group) is 1. The van der Waals surface area contributed by atoms with Crippen molar-refractivity contribution in [3.63, 3.8) is 0 Å². The summed E-state index contributed by atoms with van der Waals surface area (Å²) in [5, 5.41) is 13.1. The Kier molecular flexibility index (Phi) is 6.99. The minimum absolute atomic E-state index is 0.104. The fourth-order valence-electron chi connectivity index (χ4n) is 2.09. The van der Waals surface area contributed by atoms with E-state index in [0.717, 1.165) is 13.1 Å². The summed E-state index contributed by atoms with van der Waals surface area (Å²) < 4.78 is 13.6. The molecule has 108 valence electrons. The van der Waals surface area contributed by atoms with E-state index >= 15 is 0 Å². The van der Waals surface area contributed by atoms with E-state index in [9.17, 15) is 9.50 Å². The van der Waals surface area contributed by atoms with Crippen molar-refractivity contribution in [2.75, 3.05) is 26.2 Å². The number of halogens is 1. The van der Waals surface area contributed by atoms with Crippen LogP contribution in [0.2, 0.25) is 0 Å². The van der Waals surface area contributed by atoms with Gasteiger partial charge in [-0.1, -0.05) is 32.0 Å². The Labute approximate surface area is 115 Å². The number of benzene rings is 1. The van der Waals surface area contributed by atoms with E-state index < -0.39 is 6.10 Å². The van der Waals surface area contributed by atoms with Gasteiger partial charge in [0.05, 0.1) is 6.10 Å². The number of aliphatic hydroxyl groups is 1. The molecule has 0 aliphatic heterocycles. The molecule has 2 atom stereocenters. The van der Waals surface area contributed by atoms with Gasteiger partial charge in [-0.15, -0.1) is 0 Å². The summed E-state index contributed by atoms with van der Waals surface area (Å²) in [6.07, 6.45) is -0.436. The molecule has 0 saturated heterocycles. The lowest BCUT2D eigenvalue weighted by atomic mass is 10.1. The molecule has 2 N–H and O–H groups in total. The standard InChI is InChI=1S/C15H25FN2O/c1-4-18(5-2)11-13(19)10-17-12(3)14-8-6-7-9-15(14)16/h6-9,12-13,17,19H,4-5,10-11H2,1-3H3. The van der Waals surface area contributed by atoms with Crippen molar-refractivity contribution in [2.45, 2.75) is 32.9 Å². The summed E-state index contributed by atoms with van der Waals surface area (Å²) in [5.74, 6) is -0.208. The van der Waals surface area contributed by atoms with Gasteiger partial charge in [-0.05, 0) is 26.1 Å². The van der Waals surface area contributed by atoms with Crippen LogP contribution < -0.4 is 5.32 Å². The quantitative estimate of drug-likeness (QED) is 0.758. The lowest BCUT2D eigenvalue weighted by Crippen LogP contribution is -2.39. The summed E-state index contributed by atoms with van der Waals surface area (Å²) in [6, 6.07) is 6.63. The van der Waals surface area contributed by atoms with Gasteiger partial charge < -0.3 is 15.3 Å². The normalized spacial score (nSPS) is 14.6. The summed E-state index contributed by atoms with van der Waals surface area (Å²) >= 11 is 0. The average molecular weight is 268 g/mol. The molecule has 0 fully saturated rings. The lowest BCUT2D eigenvalue weighted by molar-refractivity contribution is 0.114. The van der Waals surface area contributed by atoms with E-state index in [2.05, 4.69) is 24.1 Å². The van der Waals surface area contributed by atoms with Crippen molar-refractivity contribution in [3.8, 4) is 0 Å². The van der Waals surface area contributed by atoms with Crippen LogP contribution in [0.3, 0.4) is 0 Å². The van der Waals surface area contributed by atoms with Crippen LogP contribution in [0.1, 0.15) is 32.4 Å². The molecule has 0 spiro atoms. The Morgan fingerprint density at radius 2 is 1.89 bits per heavy atom. The van der Waals surface area contributed by atoms with Crippen molar-refractivity contribution in [2.24, 2.45) is 0 Å². The molecule has 1 aromatic rings. The highest BCUT2D eigenvalue weighted by Crippen LogP contribution is 2.15. The minimum atomic E-state index is -0.436. The molecule has 0 radical (unpaired) electrons. The second-order valence-electron chi connectivity index (χ2n) is 4.79. The van der Waals surface area contributed by atoms with Crippen LogP contribution in [-0.2, 0) is 0 Å². The van der Waals surface area contributed by atoms with Crippen LogP contribution in [0, 0.1) is 5.82 Å².